The predicted molar refractivity (Wildman–Crippen MR) is 62.4 cm³/mol. The number of thiophene rings is 1. The van der Waals surface area contributed by atoms with Crippen molar-refractivity contribution < 1.29 is 14.7 Å². The average molecular weight is 251 g/mol. The van der Waals surface area contributed by atoms with Crippen molar-refractivity contribution in [1.29, 1.82) is 0 Å². The molecule has 1 amide bonds. The lowest BCUT2D eigenvalue weighted by Crippen LogP contribution is -2.13. The van der Waals surface area contributed by atoms with Crippen LogP contribution in [0, 0.1) is 0 Å². The number of nitrogens with one attached hydrogen (secondary N) is 1. The number of carbonyl (C=O) groups is 2. The fourth-order valence-electron chi connectivity index (χ4n) is 1.27. The monoisotopic (exact) mass is 251 g/mol. The highest BCUT2D eigenvalue weighted by molar-refractivity contribution is 7.14. The predicted octanol–water partition coefficient (Wildman–Crippen LogP) is 1.43. The molecule has 0 atom stereocenters. The van der Waals surface area contributed by atoms with Crippen molar-refractivity contribution in [2.45, 2.75) is 0 Å². The number of amides is 1. The van der Waals surface area contributed by atoms with E-state index >= 15 is 0 Å². The summed E-state index contributed by atoms with van der Waals surface area (Å²) in [6, 6.07) is 1.45. The number of aromatic carboxylic acids is 1. The van der Waals surface area contributed by atoms with E-state index in [1.54, 1.807) is 23.2 Å². The number of nitrogens with zero attached hydrogens (tertiary/aromatic N) is 2. The van der Waals surface area contributed by atoms with E-state index in [0.29, 0.717) is 5.00 Å². The van der Waals surface area contributed by atoms with E-state index in [4.69, 9.17) is 5.11 Å². The average Bonchev–Trinajstić information content (AvgIpc) is 2.86. The van der Waals surface area contributed by atoms with Crippen LogP contribution in [-0.4, -0.2) is 26.5 Å². The Morgan fingerprint density at radius 2 is 2.29 bits per heavy atom. The summed E-state index contributed by atoms with van der Waals surface area (Å²) in [6.07, 6.45) is 3.06. The zero-order valence-electron chi connectivity index (χ0n) is 8.88. The molecule has 2 heterocycles. The van der Waals surface area contributed by atoms with Crippen molar-refractivity contribution in [2.24, 2.45) is 7.05 Å². The first-order valence-electron chi connectivity index (χ1n) is 4.68. The van der Waals surface area contributed by atoms with Gasteiger partial charge in [0.25, 0.3) is 5.91 Å². The number of anilines is 1. The van der Waals surface area contributed by atoms with Gasteiger partial charge in [-0.15, -0.1) is 11.3 Å². The van der Waals surface area contributed by atoms with Crippen LogP contribution in [0.3, 0.4) is 0 Å². The van der Waals surface area contributed by atoms with Gasteiger partial charge in [-0.05, 0) is 11.4 Å². The Bertz CT molecular complexity index is 573. The first-order valence-corrected chi connectivity index (χ1v) is 5.56. The Morgan fingerprint density at radius 1 is 1.53 bits per heavy atom. The molecule has 2 N–H and O–H groups in total. The molecule has 0 aliphatic carbocycles. The van der Waals surface area contributed by atoms with Crippen molar-refractivity contribution in [3.63, 3.8) is 0 Å². The van der Waals surface area contributed by atoms with Gasteiger partial charge in [-0.25, -0.2) is 9.78 Å². The molecule has 2 aromatic heterocycles. The first-order chi connectivity index (χ1) is 8.08. The van der Waals surface area contributed by atoms with Gasteiger partial charge >= 0.3 is 5.97 Å². The van der Waals surface area contributed by atoms with Gasteiger partial charge in [-0.2, -0.15) is 0 Å². The SMILES string of the molecule is Cn1cnc(C(=O)Nc2sccc2C(=O)O)c1. The molecule has 2 aromatic rings. The van der Waals surface area contributed by atoms with Crippen molar-refractivity contribution >= 4 is 28.2 Å². The van der Waals surface area contributed by atoms with Gasteiger partial charge in [0.1, 0.15) is 10.7 Å². The molecule has 0 radical (unpaired) electrons. The van der Waals surface area contributed by atoms with E-state index in [-0.39, 0.29) is 11.3 Å². The van der Waals surface area contributed by atoms with Crippen LogP contribution >= 0.6 is 11.3 Å². The fraction of sp³-hybridized carbons (Fsp3) is 0.100. The molecule has 6 nitrogen and oxygen atoms in total. The third-order valence-corrected chi connectivity index (χ3v) is 2.89. The highest BCUT2D eigenvalue weighted by Gasteiger charge is 2.15. The maximum Gasteiger partial charge on any atom is 0.338 e. The lowest BCUT2D eigenvalue weighted by molar-refractivity contribution is 0.0698. The normalized spacial score (nSPS) is 10.2. The lowest BCUT2D eigenvalue weighted by Gasteiger charge is -2.01. The van der Waals surface area contributed by atoms with E-state index in [0.717, 1.165) is 11.3 Å². The lowest BCUT2D eigenvalue weighted by atomic mass is 10.3. The summed E-state index contributed by atoms with van der Waals surface area (Å²) in [5.41, 5.74) is 0.330. The highest BCUT2D eigenvalue weighted by atomic mass is 32.1. The molecular formula is C10H9N3O3S. The molecule has 17 heavy (non-hydrogen) atoms. The first kappa shape index (κ1) is 11.3. The molecule has 0 spiro atoms. The van der Waals surface area contributed by atoms with Crippen molar-refractivity contribution in [2.75, 3.05) is 5.32 Å². The van der Waals surface area contributed by atoms with Crippen LogP contribution in [0.1, 0.15) is 20.8 Å². The third kappa shape index (κ3) is 2.34. The summed E-state index contributed by atoms with van der Waals surface area (Å²) in [4.78, 5) is 26.4. The van der Waals surface area contributed by atoms with Crippen LogP contribution in [0.15, 0.2) is 24.0 Å². The summed E-state index contributed by atoms with van der Waals surface area (Å²) < 4.78 is 1.64. The molecule has 2 rings (SSSR count). The molecule has 0 aliphatic rings. The molecule has 0 unspecified atom stereocenters. The zero-order valence-corrected chi connectivity index (χ0v) is 9.69. The van der Waals surface area contributed by atoms with Crippen molar-refractivity contribution in [1.82, 2.24) is 9.55 Å². The summed E-state index contributed by atoms with van der Waals surface area (Å²) in [5.74, 6) is -1.49. The van der Waals surface area contributed by atoms with E-state index in [2.05, 4.69) is 10.3 Å². The number of imidazole rings is 1. The molecule has 7 heteroatoms. The van der Waals surface area contributed by atoms with E-state index < -0.39 is 11.9 Å². The standard InChI is InChI=1S/C10H9N3O3S/c1-13-4-7(11-5-13)8(14)12-9-6(10(15)16)2-3-17-9/h2-5H,1H3,(H,12,14)(H,15,16). The van der Waals surface area contributed by atoms with Gasteiger partial charge < -0.3 is 15.0 Å². The second-order valence-corrected chi connectivity index (χ2v) is 4.26. The molecule has 88 valence electrons. The van der Waals surface area contributed by atoms with Crippen LogP contribution in [-0.2, 0) is 7.05 Å². The molecule has 0 saturated carbocycles. The number of carbonyl (C=O) groups excluding carboxylic acids is 1. The number of hydrogen-bond donors (Lipinski definition) is 2. The Labute approximate surface area is 101 Å². The van der Waals surface area contributed by atoms with Crippen LogP contribution in [0.5, 0.6) is 0 Å². The highest BCUT2D eigenvalue weighted by Crippen LogP contribution is 2.23. The maximum atomic E-state index is 11.7. The summed E-state index contributed by atoms with van der Waals surface area (Å²) in [5, 5.41) is 13.3. The molecule has 0 saturated heterocycles. The number of carboxylic acid groups (broad SMARTS) is 1. The second-order valence-electron chi connectivity index (χ2n) is 3.35. The smallest absolute Gasteiger partial charge is 0.338 e. The minimum absolute atomic E-state index is 0.0827. The van der Waals surface area contributed by atoms with Crippen molar-refractivity contribution in [3.05, 3.63) is 35.2 Å². The number of carboxylic acids is 1. The van der Waals surface area contributed by atoms with Gasteiger partial charge in [0.2, 0.25) is 0 Å². The number of aryl methyl sites for hydroxylation is 1. The summed E-state index contributed by atoms with van der Waals surface area (Å²) in [7, 11) is 1.75. The fourth-order valence-corrected chi connectivity index (χ4v) is 2.05. The number of hydrogen-bond acceptors (Lipinski definition) is 4. The molecule has 0 fully saturated rings. The molecule has 0 aliphatic heterocycles. The minimum Gasteiger partial charge on any atom is -0.478 e. The molecular weight excluding hydrogens is 242 g/mol. The number of rotatable bonds is 3. The van der Waals surface area contributed by atoms with Gasteiger partial charge in [0, 0.05) is 13.2 Å². The largest absolute Gasteiger partial charge is 0.478 e. The Morgan fingerprint density at radius 3 is 2.88 bits per heavy atom. The van der Waals surface area contributed by atoms with Crippen LogP contribution < -0.4 is 5.32 Å². The maximum absolute atomic E-state index is 11.7. The minimum atomic E-state index is -1.07. The Balaban J connectivity index is 2.18. The Kier molecular flexibility index (Phi) is 2.92. The van der Waals surface area contributed by atoms with Gasteiger partial charge in [0.15, 0.2) is 0 Å². The van der Waals surface area contributed by atoms with Crippen molar-refractivity contribution in [3.8, 4) is 0 Å². The van der Waals surface area contributed by atoms with Crippen LogP contribution in [0.2, 0.25) is 0 Å². The van der Waals surface area contributed by atoms with E-state index in [1.807, 2.05) is 0 Å². The van der Waals surface area contributed by atoms with Crippen LogP contribution in [0.4, 0.5) is 5.00 Å². The van der Waals surface area contributed by atoms with Crippen LogP contribution in [0.25, 0.3) is 0 Å². The summed E-state index contributed by atoms with van der Waals surface area (Å²) >= 11 is 1.16. The summed E-state index contributed by atoms with van der Waals surface area (Å²) in [6.45, 7) is 0. The van der Waals surface area contributed by atoms with E-state index in [1.165, 1.54) is 12.4 Å². The zero-order chi connectivity index (χ0) is 12.4. The van der Waals surface area contributed by atoms with E-state index in [9.17, 15) is 9.59 Å². The van der Waals surface area contributed by atoms with Gasteiger partial charge in [0.05, 0.1) is 11.9 Å². The van der Waals surface area contributed by atoms with Gasteiger partial charge in [-0.1, -0.05) is 0 Å². The van der Waals surface area contributed by atoms with Gasteiger partial charge in [-0.3, -0.25) is 4.79 Å². The second kappa shape index (κ2) is 4.38. The molecule has 0 aromatic carbocycles. The molecule has 0 bridgehead atoms. The quantitative estimate of drug-likeness (QED) is 0.864. The number of aromatic nitrogens is 2. The Hall–Kier alpha value is -2.15. The topological polar surface area (TPSA) is 84.2 Å². The third-order valence-electron chi connectivity index (χ3n) is 2.06.